The van der Waals surface area contributed by atoms with E-state index >= 15 is 0 Å². The molecule has 0 spiro atoms. The molecule has 0 saturated carbocycles. The number of sulfonamides is 1. The van der Waals surface area contributed by atoms with Crippen molar-refractivity contribution in [2.45, 2.75) is 50.2 Å². The molecule has 46 heavy (non-hydrogen) atoms. The Kier molecular flexibility index (Phi) is 11.5. The van der Waals surface area contributed by atoms with Crippen LogP contribution in [-0.4, -0.2) is 48.7 Å². The van der Waals surface area contributed by atoms with Crippen LogP contribution in [0, 0.1) is 10.1 Å². The molecular formula is C34H35ClN4O6S. The van der Waals surface area contributed by atoms with Gasteiger partial charge in [0.1, 0.15) is 12.6 Å². The number of anilines is 1. The highest BCUT2D eigenvalue weighted by Crippen LogP contribution is 2.28. The van der Waals surface area contributed by atoms with E-state index in [4.69, 9.17) is 11.6 Å². The molecule has 0 aliphatic heterocycles. The predicted octanol–water partition coefficient (Wildman–Crippen LogP) is 6.00. The summed E-state index contributed by atoms with van der Waals surface area (Å²) in [5, 5.41) is 15.1. The van der Waals surface area contributed by atoms with Gasteiger partial charge in [-0.2, -0.15) is 0 Å². The molecule has 2 atom stereocenters. The van der Waals surface area contributed by atoms with Crippen LogP contribution in [0.2, 0.25) is 5.02 Å². The van der Waals surface area contributed by atoms with Crippen LogP contribution in [0.1, 0.15) is 31.4 Å². The normalized spacial score (nSPS) is 12.5. The van der Waals surface area contributed by atoms with E-state index in [2.05, 4.69) is 5.32 Å². The van der Waals surface area contributed by atoms with Crippen LogP contribution in [0.4, 0.5) is 11.4 Å². The number of amides is 2. The molecule has 2 amide bonds. The molecule has 0 saturated heterocycles. The van der Waals surface area contributed by atoms with Crippen molar-refractivity contribution in [3.63, 3.8) is 0 Å². The van der Waals surface area contributed by atoms with Crippen molar-refractivity contribution >= 4 is 44.8 Å². The molecule has 0 heterocycles. The molecule has 240 valence electrons. The molecule has 0 aliphatic rings. The Morgan fingerprint density at radius 3 is 2.13 bits per heavy atom. The molecule has 10 nitrogen and oxygen atoms in total. The fourth-order valence-corrected chi connectivity index (χ4v) is 6.34. The van der Waals surface area contributed by atoms with E-state index in [1.165, 1.54) is 35.2 Å². The van der Waals surface area contributed by atoms with Gasteiger partial charge in [-0.1, -0.05) is 85.3 Å². The molecule has 12 heteroatoms. The monoisotopic (exact) mass is 662 g/mol. The van der Waals surface area contributed by atoms with Crippen molar-refractivity contribution < 1.29 is 22.9 Å². The average Bonchev–Trinajstić information content (AvgIpc) is 3.06. The highest BCUT2D eigenvalue weighted by atomic mass is 35.5. The van der Waals surface area contributed by atoms with E-state index < -0.39 is 39.3 Å². The second-order valence-electron chi connectivity index (χ2n) is 10.8. The summed E-state index contributed by atoms with van der Waals surface area (Å²) >= 11 is 6.12. The second kappa shape index (κ2) is 15.5. The summed E-state index contributed by atoms with van der Waals surface area (Å²) in [5.74, 6) is -1.07. The molecule has 0 aliphatic carbocycles. The van der Waals surface area contributed by atoms with Crippen LogP contribution in [0.15, 0.2) is 114 Å². The second-order valence-corrected chi connectivity index (χ2v) is 13.1. The lowest BCUT2D eigenvalue weighted by atomic mass is 10.0. The average molecular weight is 663 g/mol. The minimum Gasteiger partial charge on any atom is -0.352 e. The lowest BCUT2D eigenvalue weighted by molar-refractivity contribution is -0.384. The summed E-state index contributed by atoms with van der Waals surface area (Å²) in [5.41, 5.74) is 1.06. The quantitative estimate of drug-likeness (QED) is 0.130. The minimum absolute atomic E-state index is 0.0322. The fourth-order valence-electron chi connectivity index (χ4n) is 4.79. The third-order valence-electron chi connectivity index (χ3n) is 7.48. The Bertz CT molecular complexity index is 1760. The maximum absolute atomic E-state index is 14.5. The summed E-state index contributed by atoms with van der Waals surface area (Å²) in [7, 11) is -4.39. The number of benzene rings is 4. The van der Waals surface area contributed by atoms with E-state index in [1.54, 1.807) is 42.5 Å². The molecular weight excluding hydrogens is 628 g/mol. The van der Waals surface area contributed by atoms with Gasteiger partial charge in [-0.3, -0.25) is 24.0 Å². The van der Waals surface area contributed by atoms with Gasteiger partial charge in [-0.05, 0) is 54.8 Å². The van der Waals surface area contributed by atoms with Crippen molar-refractivity contribution in [2.24, 2.45) is 0 Å². The van der Waals surface area contributed by atoms with Crippen molar-refractivity contribution in [2.75, 3.05) is 10.8 Å². The van der Waals surface area contributed by atoms with Gasteiger partial charge >= 0.3 is 0 Å². The highest BCUT2D eigenvalue weighted by Gasteiger charge is 2.35. The lowest BCUT2D eigenvalue weighted by Gasteiger charge is -2.34. The van der Waals surface area contributed by atoms with Gasteiger partial charge in [0, 0.05) is 36.2 Å². The Morgan fingerprint density at radius 1 is 0.891 bits per heavy atom. The van der Waals surface area contributed by atoms with E-state index in [1.807, 2.05) is 44.2 Å². The molecule has 0 radical (unpaired) electrons. The van der Waals surface area contributed by atoms with Crippen LogP contribution < -0.4 is 9.62 Å². The van der Waals surface area contributed by atoms with Gasteiger partial charge in [-0.25, -0.2) is 8.42 Å². The number of nitrogens with one attached hydrogen (secondary N) is 1. The van der Waals surface area contributed by atoms with E-state index in [0.717, 1.165) is 15.9 Å². The largest absolute Gasteiger partial charge is 0.352 e. The third-order valence-corrected chi connectivity index (χ3v) is 9.52. The Labute approximate surface area is 273 Å². The standard InChI is InChI=1S/C34H35ClN4O6S/c1-3-25(2)36-34(41)32(21-26-11-6-4-7-12-26)37(23-27-17-19-28(35)20-18-27)33(40)24-38(29-13-10-14-30(22-29)39(42)43)46(44,45)31-15-8-5-9-16-31/h4-20,22,25,32H,3,21,23-24H2,1-2H3,(H,36,41)/t25-,32+/m0/s1. The van der Waals surface area contributed by atoms with E-state index in [0.29, 0.717) is 17.0 Å². The van der Waals surface area contributed by atoms with Gasteiger partial charge in [0.15, 0.2) is 0 Å². The number of hydrogen-bond donors (Lipinski definition) is 1. The SMILES string of the molecule is CC[C@H](C)NC(=O)[C@@H](Cc1ccccc1)N(Cc1ccc(Cl)cc1)C(=O)CN(c1cccc([N+](=O)[O-])c1)S(=O)(=O)c1ccccc1. The molecule has 0 fully saturated rings. The van der Waals surface area contributed by atoms with Gasteiger partial charge in [0.05, 0.1) is 15.5 Å². The van der Waals surface area contributed by atoms with Crippen molar-refractivity contribution in [1.29, 1.82) is 0 Å². The van der Waals surface area contributed by atoms with Gasteiger partial charge < -0.3 is 10.2 Å². The molecule has 0 aromatic heterocycles. The summed E-state index contributed by atoms with van der Waals surface area (Å²) in [6.45, 7) is 3.03. The first kappa shape index (κ1) is 34.1. The zero-order valence-corrected chi connectivity index (χ0v) is 27.0. The smallest absolute Gasteiger partial charge is 0.271 e. The van der Waals surface area contributed by atoms with Crippen LogP contribution in [-0.2, 0) is 32.6 Å². The number of carbonyl (C=O) groups is 2. The Balaban J connectivity index is 1.83. The molecule has 0 unspecified atom stereocenters. The number of nitro groups is 1. The number of non-ortho nitro benzene ring substituents is 1. The maximum Gasteiger partial charge on any atom is 0.271 e. The summed E-state index contributed by atoms with van der Waals surface area (Å²) < 4.78 is 28.9. The number of hydrogen-bond acceptors (Lipinski definition) is 6. The summed E-state index contributed by atoms with van der Waals surface area (Å²) in [6.07, 6.45) is 0.815. The van der Waals surface area contributed by atoms with Gasteiger partial charge in [0.2, 0.25) is 11.8 Å². The Hall–Kier alpha value is -4.74. The first-order chi connectivity index (χ1) is 22.0. The van der Waals surface area contributed by atoms with Crippen molar-refractivity contribution in [3.05, 3.63) is 135 Å². The minimum atomic E-state index is -4.39. The summed E-state index contributed by atoms with van der Waals surface area (Å²) in [6, 6.07) is 27.4. The third kappa shape index (κ3) is 8.70. The van der Waals surface area contributed by atoms with Crippen molar-refractivity contribution in [3.8, 4) is 0 Å². The predicted molar refractivity (Wildman–Crippen MR) is 178 cm³/mol. The summed E-state index contributed by atoms with van der Waals surface area (Å²) in [4.78, 5) is 40.6. The van der Waals surface area contributed by atoms with Crippen LogP contribution in [0.5, 0.6) is 0 Å². The first-order valence-corrected chi connectivity index (χ1v) is 16.5. The van der Waals surface area contributed by atoms with E-state index in [-0.39, 0.29) is 35.3 Å². The molecule has 1 N–H and O–H groups in total. The number of carbonyl (C=O) groups excluding carboxylic acids is 2. The zero-order chi connectivity index (χ0) is 33.3. The van der Waals surface area contributed by atoms with Gasteiger partial charge in [0.25, 0.3) is 15.7 Å². The topological polar surface area (TPSA) is 130 Å². The Morgan fingerprint density at radius 2 is 1.52 bits per heavy atom. The molecule has 4 aromatic carbocycles. The number of halogens is 1. The molecule has 4 rings (SSSR count). The number of nitro benzene ring substituents is 1. The van der Waals surface area contributed by atoms with Crippen LogP contribution >= 0.6 is 11.6 Å². The zero-order valence-electron chi connectivity index (χ0n) is 25.5. The van der Waals surface area contributed by atoms with Crippen molar-refractivity contribution in [1.82, 2.24) is 10.2 Å². The fraction of sp³-hybridized carbons (Fsp3) is 0.235. The lowest BCUT2D eigenvalue weighted by Crippen LogP contribution is -2.54. The maximum atomic E-state index is 14.5. The molecule has 4 aromatic rings. The van der Waals surface area contributed by atoms with Gasteiger partial charge in [-0.15, -0.1) is 0 Å². The van der Waals surface area contributed by atoms with Crippen LogP contribution in [0.25, 0.3) is 0 Å². The van der Waals surface area contributed by atoms with Crippen LogP contribution in [0.3, 0.4) is 0 Å². The number of rotatable bonds is 14. The highest BCUT2D eigenvalue weighted by molar-refractivity contribution is 7.92. The number of nitrogens with zero attached hydrogens (tertiary/aromatic N) is 3. The van der Waals surface area contributed by atoms with E-state index in [9.17, 15) is 28.1 Å². The molecule has 0 bridgehead atoms. The first-order valence-electron chi connectivity index (χ1n) is 14.7.